The zero-order valence-corrected chi connectivity index (χ0v) is 12.4. The minimum atomic E-state index is -1.11. The monoisotopic (exact) mass is 304 g/mol. The van der Waals surface area contributed by atoms with Gasteiger partial charge in [-0.3, -0.25) is 14.4 Å². The van der Waals surface area contributed by atoms with E-state index in [1.165, 1.54) is 6.92 Å². The molecule has 120 valence electrons. The van der Waals surface area contributed by atoms with Gasteiger partial charge >= 0.3 is 12.1 Å². The largest absolute Gasteiger partial charge is 0.463 e. The van der Waals surface area contributed by atoms with Gasteiger partial charge in [-0.05, 0) is 20.8 Å². The highest BCUT2D eigenvalue weighted by Crippen LogP contribution is 2.17. The third kappa shape index (κ3) is 5.20. The molecule has 1 unspecified atom stereocenters. The van der Waals surface area contributed by atoms with Crippen LogP contribution in [0, 0.1) is 0 Å². The first kappa shape index (κ1) is 17.2. The number of aliphatic hydroxyl groups excluding tert-OH is 1. The summed E-state index contributed by atoms with van der Waals surface area (Å²) in [7, 11) is 0. The zero-order chi connectivity index (χ0) is 16.2. The predicted octanol–water partition coefficient (Wildman–Crippen LogP) is -0.465. The number of carbonyl (C=O) groups excluding carboxylic acids is 3. The molecule has 0 aromatic heterocycles. The number of rotatable bonds is 4. The molecule has 1 aliphatic heterocycles. The second-order valence-corrected chi connectivity index (χ2v) is 5.43. The highest BCUT2D eigenvalue weighted by molar-refractivity contribution is 5.87. The van der Waals surface area contributed by atoms with Crippen molar-refractivity contribution in [3.8, 4) is 0 Å². The molecular weight excluding hydrogens is 284 g/mol. The van der Waals surface area contributed by atoms with E-state index in [1.807, 2.05) is 0 Å². The van der Waals surface area contributed by atoms with E-state index in [9.17, 15) is 14.4 Å². The number of amides is 2. The van der Waals surface area contributed by atoms with Crippen LogP contribution in [0.4, 0.5) is 4.79 Å². The Labute approximate surface area is 122 Å². The normalized spacial score (nSPS) is 22.1. The summed E-state index contributed by atoms with van der Waals surface area (Å²) in [6, 6.07) is -1.11. The summed E-state index contributed by atoms with van der Waals surface area (Å²) in [6.45, 7) is 5.32. The fraction of sp³-hybridized carbons (Fsp3) is 0.750. The van der Waals surface area contributed by atoms with Gasteiger partial charge in [-0.1, -0.05) is 0 Å². The Kier molecular flexibility index (Phi) is 5.50. The first-order valence-corrected chi connectivity index (χ1v) is 6.36. The molecule has 9 nitrogen and oxygen atoms in total. The number of hydrogen-bond acceptors (Lipinski definition) is 7. The molecule has 1 heterocycles. The number of alkyl carbamates (subject to hydrolysis) is 1. The smallest absolute Gasteiger partial charge is 0.408 e. The predicted molar refractivity (Wildman–Crippen MR) is 68.6 cm³/mol. The Balaban J connectivity index is 2.71. The number of nitrogens with one attached hydrogen (secondary N) is 1. The van der Waals surface area contributed by atoms with Crippen molar-refractivity contribution >= 4 is 18.0 Å². The molecule has 1 saturated heterocycles. The van der Waals surface area contributed by atoms with E-state index in [-0.39, 0.29) is 6.61 Å². The van der Waals surface area contributed by atoms with Gasteiger partial charge in [-0.15, -0.1) is 0 Å². The average Bonchev–Trinajstić information content (AvgIpc) is 2.61. The lowest BCUT2D eigenvalue weighted by molar-refractivity contribution is -0.200. The maximum absolute atomic E-state index is 11.9. The third-order valence-corrected chi connectivity index (χ3v) is 2.40. The molecule has 21 heavy (non-hydrogen) atoms. The molecule has 0 saturated carbocycles. The molecular formula is C12H20N2O7. The third-order valence-electron chi connectivity index (χ3n) is 2.40. The van der Waals surface area contributed by atoms with E-state index in [2.05, 4.69) is 5.32 Å². The van der Waals surface area contributed by atoms with E-state index < -0.39 is 42.4 Å². The van der Waals surface area contributed by atoms with Crippen LogP contribution in [0.3, 0.4) is 0 Å². The summed E-state index contributed by atoms with van der Waals surface area (Å²) >= 11 is 0. The second-order valence-electron chi connectivity index (χ2n) is 5.43. The molecule has 0 aliphatic carbocycles. The maximum Gasteiger partial charge on any atom is 0.408 e. The molecule has 0 aromatic carbocycles. The molecule has 0 bridgehead atoms. The molecule has 2 amide bonds. The topological polar surface area (TPSA) is 114 Å². The van der Waals surface area contributed by atoms with E-state index in [0.29, 0.717) is 5.06 Å². The van der Waals surface area contributed by atoms with E-state index in [4.69, 9.17) is 19.4 Å². The lowest BCUT2D eigenvalue weighted by Gasteiger charge is -2.22. The fourth-order valence-corrected chi connectivity index (χ4v) is 1.61. The molecule has 1 rings (SSSR count). The van der Waals surface area contributed by atoms with Crippen molar-refractivity contribution in [1.82, 2.24) is 10.4 Å². The number of esters is 1. The highest BCUT2D eigenvalue weighted by Gasteiger charge is 2.44. The van der Waals surface area contributed by atoms with Crippen LogP contribution in [0.2, 0.25) is 0 Å². The average molecular weight is 304 g/mol. The Morgan fingerprint density at radius 1 is 1.43 bits per heavy atom. The summed E-state index contributed by atoms with van der Waals surface area (Å²) in [5, 5.41) is 12.0. The summed E-state index contributed by atoms with van der Waals surface area (Å²) in [6.07, 6.45) is -1.74. The molecule has 2 N–H and O–H groups in total. The van der Waals surface area contributed by atoms with Crippen LogP contribution in [0.1, 0.15) is 27.7 Å². The number of hydroxylamine groups is 2. The maximum atomic E-state index is 11.9. The zero-order valence-electron chi connectivity index (χ0n) is 12.4. The van der Waals surface area contributed by atoms with Crippen LogP contribution >= 0.6 is 0 Å². The number of ether oxygens (including phenoxy) is 2. The number of hydrogen-bond donors (Lipinski definition) is 2. The van der Waals surface area contributed by atoms with Crippen molar-refractivity contribution in [1.29, 1.82) is 0 Å². The molecule has 0 spiro atoms. The van der Waals surface area contributed by atoms with Crippen molar-refractivity contribution in [2.24, 2.45) is 0 Å². The molecule has 9 heteroatoms. The standard InChI is InChI=1S/C12H20N2O7/c1-7(16)19-5-8-9(10(17)14(6-15)21-8)13-11(18)20-12(2,3)4/h8-9,15H,5-6H2,1-4H3,(H,13,18)/t8?,9-/m0/s1. The van der Waals surface area contributed by atoms with Gasteiger partial charge in [-0.25, -0.2) is 4.79 Å². The summed E-state index contributed by atoms with van der Waals surface area (Å²) in [5.74, 6) is -1.20. The van der Waals surface area contributed by atoms with E-state index in [0.717, 1.165) is 0 Å². The van der Waals surface area contributed by atoms with Gasteiger partial charge in [0.1, 0.15) is 31.1 Å². The SMILES string of the molecule is CC(=O)OCC1ON(CO)C(=O)[C@H]1NC(=O)OC(C)(C)C. The Morgan fingerprint density at radius 3 is 2.52 bits per heavy atom. The van der Waals surface area contributed by atoms with Crippen molar-refractivity contribution in [2.75, 3.05) is 13.3 Å². The van der Waals surface area contributed by atoms with Gasteiger partial charge in [0.2, 0.25) is 0 Å². The second kappa shape index (κ2) is 6.72. The first-order valence-electron chi connectivity index (χ1n) is 6.36. The van der Waals surface area contributed by atoms with Crippen molar-refractivity contribution < 1.29 is 33.8 Å². The summed E-state index contributed by atoms with van der Waals surface area (Å²) < 4.78 is 9.81. The lowest BCUT2D eigenvalue weighted by Crippen LogP contribution is -2.48. The minimum Gasteiger partial charge on any atom is -0.463 e. The van der Waals surface area contributed by atoms with Gasteiger partial charge in [0, 0.05) is 6.92 Å². The Morgan fingerprint density at radius 2 is 2.05 bits per heavy atom. The number of nitrogens with zero attached hydrogens (tertiary/aromatic N) is 1. The van der Waals surface area contributed by atoms with Crippen LogP contribution in [-0.2, 0) is 23.9 Å². The molecule has 0 radical (unpaired) electrons. The van der Waals surface area contributed by atoms with Crippen LogP contribution in [0.15, 0.2) is 0 Å². The van der Waals surface area contributed by atoms with Gasteiger partial charge in [-0.2, -0.15) is 5.06 Å². The van der Waals surface area contributed by atoms with Gasteiger partial charge in [0.25, 0.3) is 5.91 Å². The Bertz CT molecular complexity index is 418. The first-order chi connectivity index (χ1) is 9.64. The van der Waals surface area contributed by atoms with Gasteiger partial charge < -0.3 is 19.9 Å². The molecule has 1 aliphatic rings. The summed E-state index contributed by atoms with van der Waals surface area (Å²) in [5.41, 5.74) is -0.728. The van der Waals surface area contributed by atoms with Gasteiger partial charge in [0.05, 0.1) is 0 Å². The van der Waals surface area contributed by atoms with E-state index in [1.54, 1.807) is 20.8 Å². The lowest BCUT2D eigenvalue weighted by atomic mass is 10.1. The Hall–Kier alpha value is -1.87. The fourth-order valence-electron chi connectivity index (χ4n) is 1.61. The van der Waals surface area contributed by atoms with E-state index >= 15 is 0 Å². The summed E-state index contributed by atoms with van der Waals surface area (Å²) in [4.78, 5) is 39.5. The molecule has 2 atom stereocenters. The number of carbonyl (C=O) groups is 3. The number of aliphatic hydroxyl groups is 1. The van der Waals surface area contributed by atoms with Crippen molar-refractivity contribution in [3.05, 3.63) is 0 Å². The molecule has 0 aromatic rings. The quantitative estimate of drug-likeness (QED) is 0.675. The van der Waals surface area contributed by atoms with Gasteiger partial charge in [0.15, 0.2) is 0 Å². The highest BCUT2D eigenvalue weighted by atomic mass is 16.7. The minimum absolute atomic E-state index is 0.238. The van der Waals surface area contributed by atoms with Crippen LogP contribution in [0.5, 0.6) is 0 Å². The van der Waals surface area contributed by atoms with Crippen LogP contribution in [-0.4, -0.2) is 59.2 Å². The van der Waals surface area contributed by atoms with Crippen LogP contribution in [0.25, 0.3) is 0 Å². The van der Waals surface area contributed by atoms with Crippen molar-refractivity contribution in [3.63, 3.8) is 0 Å². The van der Waals surface area contributed by atoms with Crippen molar-refractivity contribution in [2.45, 2.75) is 45.4 Å². The van der Waals surface area contributed by atoms with Crippen LogP contribution < -0.4 is 5.32 Å². The molecule has 1 fully saturated rings.